The van der Waals surface area contributed by atoms with Crippen LogP contribution in [0.4, 0.5) is 0 Å². The number of rotatable bonds is 4. The van der Waals surface area contributed by atoms with E-state index >= 15 is 0 Å². The second-order valence-corrected chi connectivity index (χ2v) is 5.10. The van der Waals surface area contributed by atoms with Gasteiger partial charge in [-0.1, -0.05) is 42.5 Å². The van der Waals surface area contributed by atoms with E-state index in [9.17, 15) is 9.90 Å². The molecule has 0 unspecified atom stereocenters. The van der Waals surface area contributed by atoms with Crippen molar-refractivity contribution in [2.45, 2.75) is 0 Å². The fourth-order valence-corrected chi connectivity index (χ4v) is 2.36. The third-order valence-electron chi connectivity index (χ3n) is 3.46. The van der Waals surface area contributed by atoms with E-state index in [4.69, 9.17) is 10.0 Å². The highest BCUT2D eigenvalue weighted by molar-refractivity contribution is 6.33. The third kappa shape index (κ3) is 3.32. The van der Waals surface area contributed by atoms with Gasteiger partial charge in [-0.25, -0.2) is 0 Å². The monoisotopic (exact) mass is 323 g/mol. The summed E-state index contributed by atoms with van der Waals surface area (Å²) in [6.45, 7) is 0. The van der Waals surface area contributed by atoms with E-state index in [1.807, 2.05) is 48.5 Å². The lowest BCUT2D eigenvalue weighted by Gasteiger charge is -2.12. The molecule has 7 heteroatoms. The quantitative estimate of drug-likeness (QED) is 0.634. The number of nitrogens with zero attached hydrogens (tertiary/aromatic N) is 1. The fraction of sp³-hybridized carbons (Fsp3) is 0. The van der Waals surface area contributed by atoms with E-state index in [0.29, 0.717) is 5.69 Å². The zero-order valence-electron chi connectivity index (χ0n) is 12.5. The van der Waals surface area contributed by atoms with Crippen LogP contribution in [0.25, 0.3) is 16.8 Å². The van der Waals surface area contributed by atoms with Crippen molar-refractivity contribution in [3.63, 3.8) is 0 Å². The van der Waals surface area contributed by atoms with E-state index in [0.717, 1.165) is 11.1 Å². The molecule has 24 heavy (non-hydrogen) atoms. The molecular weight excluding hydrogens is 309 g/mol. The summed E-state index contributed by atoms with van der Waals surface area (Å²) in [5.74, 6) is -0.923. The van der Waals surface area contributed by atoms with Crippen molar-refractivity contribution in [3.8, 4) is 28.3 Å². The summed E-state index contributed by atoms with van der Waals surface area (Å²) < 4.78 is 6.09. The van der Waals surface area contributed by atoms with E-state index < -0.39 is 18.5 Å². The zero-order valence-corrected chi connectivity index (χ0v) is 12.5. The lowest BCUT2D eigenvalue weighted by molar-refractivity contribution is 0.285. The number of aromatic hydroxyl groups is 1. The minimum absolute atomic E-state index is 0.366. The van der Waals surface area contributed by atoms with Gasteiger partial charge >= 0.3 is 7.32 Å². The van der Waals surface area contributed by atoms with Crippen LogP contribution >= 0.6 is 0 Å². The van der Waals surface area contributed by atoms with Gasteiger partial charge in [0.15, 0.2) is 11.5 Å². The van der Waals surface area contributed by atoms with Crippen molar-refractivity contribution < 1.29 is 19.8 Å². The second kappa shape index (κ2) is 6.61. The van der Waals surface area contributed by atoms with Crippen LogP contribution in [-0.2, 0) is 0 Å². The van der Waals surface area contributed by atoms with Crippen LogP contribution in [0.15, 0.2) is 71.8 Å². The van der Waals surface area contributed by atoms with Gasteiger partial charge in [0.2, 0.25) is 0 Å². The first-order chi connectivity index (χ1) is 11.5. The molecule has 120 valence electrons. The molecule has 0 fully saturated rings. The summed E-state index contributed by atoms with van der Waals surface area (Å²) in [4.78, 5) is 11.8. The van der Waals surface area contributed by atoms with Crippen molar-refractivity contribution in [1.82, 2.24) is 4.57 Å². The normalized spacial score (nSPS) is 10.4. The standard InChI is InChI=1S/C17H14BNO5/c20-15-10-19(11-16(17(15)21)24-18(22)23)14-8-4-7-13(9-14)12-5-2-1-3-6-12/h1-11,20,22-23H. The van der Waals surface area contributed by atoms with Crippen LogP contribution in [-0.4, -0.2) is 27.0 Å². The highest BCUT2D eigenvalue weighted by Crippen LogP contribution is 2.23. The number of benzene rings is 2. The minimum Gasteiger partial charge on any atom is -0.508 e. The molecule has 0 aliphatic carbocycles. The molecule has 0 aliphatic rings. The van der Waals surface area contributed by atoms with Crippen LogP contribution in [0, 0.1) is 0 Å². The van der Waals surface area contributed by atoms with E-state index in [1.54, 1.807) is 6.07 Å². The molecule has 0 atom stereocenters. The number of hydrogen-bond acceptors (Lipinski definition) is 5. The number of hydrogen-bond donors (Lipinski definition) is 3. The van der Waals surface area contributed by atoms with Crippen molar-refractivity contribution in [1.29, 1.82) is 0 Å². The van der Waals surface area contributed by atoms with E-state index in [-0.39, 0.29) is 5.75 Å². The Morgan fingerprint density at radius 2 is 1.62 bits per heavy atom. The minimum atomic E-state index is -2.15. The van der Waals surface area contributed by atoms with Gasteiger partial charge in [0, 0.05) is 5.69 Å². The molecule has 6 nitrogen and oxygen atoms in total. The third-order valence-corrected chi connectivity index (χ3v) is 3.46. The molecule has 3 aromatic rings. The molecule has 0 saturated carbocycles. The molecule has 0 amide bonds. The molecular formula is C17H14BNO5. The smallest absolute Gasteiger partial charge is 0.508 e. The molecule has 1 aromatic heterocycles. The van der Waals surface area contributed by atoms with E-state index in [1.165, 1.54) is 17.0 Å². The Labute approximate surface area is 138 Å². The van der Waals surface area contributed by atoms with Crippen molar-refractivity contribution >= 4 is 7.32 Å². The predicted molar refractivity (Wildman–Crippen MR) is 90.0 cm³/mol. The molecule has 0 spiro atoms. The Balaban J connectivity index is 2.06. The van der Waals surface area contributed by atoms with Gasteiger partial charge < -0.3 is 24.4 Å². The topological polar surface area (TPSA) is 91.9 Å². The maximum Gasteiger partial charge on any atom is 0.707 e. The molecule has 1 heterocycles. The first-order valence-electron chi connectivity index (χ1n) is 7.18. The molecule has 3 N–H and O–H groups in total. The van der Waals surface area contributed by atoms with Crippen molar-refractivity contribution in [3.05, 3.63) is 77.2 Å². The highest BCUT2D eigenvalue weighted by Gasteiger charge is 2.17. The molecule has 2 aromatic carbocycles. The largest absolute Gasteiger partial charge is 0.707 e. The summed E-state index contributed by atoms with van der Waals surface area (Å²) in [5, 5.41) is 27.5. The Morgan fingerprint density at radius 3 is 2.33 bits per heavy atom. The molecule has 0 radical (unpaired) electrons. The maximum absolute atomic E-state index is 11.8. The highest BCUT2D eigenvalue weighted by atomic mass is 16.6. The first kappa shape index (κ1) is 15.9. The van der Waals surface area contributed by atoms with Gasteiger partial charge in [0.05, 0.1) is 12.4 Å². The average Bonchev–Trinajstić information content (AvgIpc) is 2.59. The van der Waals surface area contributed by atoms with Gasteiger partial charge in [-0.2, -0.15) is 0 Å². The Morgan fingerprint density at radius 1 is 0.917 bits per heavy atom. The average molecular weight is 323 g/mol. The lowest BCUT2D eigenvalue weighted by atomic mass is 10.1. The van der Waals surface area contributed by atoms with Gasteiger partial charge in [-0.3, -0.25) is 4.79 Å². The Kier molecular flexibility index (Phi) is 4.37. The summed E-state index contributed by atoms with van der Waals surface area (Å²) in [6.07, 6.45) is 2.52. The summed E-state index contributed by atoms with van der Waals surface area (Å²) in [7, 11) is -2.15. The zero-order chi connectivity index (χ0) is 17.1. The van der Waals surface area contributed by atoms with Crippen LogP contribution in [0.5, 0.6) is 11.5 Å². The van der Waals surface area contributed by atoms with Crippen LogP contribution in [0.1, 0.15) is 0 Å². The van der Waals surface area contributed by atoms with E-state index in [2.05, 4.69) is 4.65 Å². The van der Waals surface area contributed by atoms with Crippen LogP contribution in [0.3, 0.4) is 0 Å². The number of aromatic nitrogens is 1. The predicted octanol–water partition coefficient (Wildman–Crippen LogP) is 1.56. The van der Waals surface area contributed by atoms with Crippen molar-refractivity contribution in [2.24, 2.45) is 0 Å². The summed E-state index contributed by atoms with van der Waals surface area (Å²) in [5.41, 5.74) is 1.82. The summed E-state index contributed by atoms with van der Waals surface area (Å²) in [6, 6.07) is 17.2. The summed E-state index contributed by atoms with van der Waals surface area (Å²) >= 11 is 0. The maximum atomic E-state index is 11.8. The van der Waals surface area contributed by atoms with Crippen LogP contribution in [0.2, 0.25) is 0 Å². The molecule has 3 rings (SSSR count). The number of pyridine rings is 1. The first-order valence-corrected chi connectivity index (χ1v) is 7.18. The van der Waals surface area contributed by atoms with Crippen molar-refractivity contribution in [2.75, 3.05) is 0 Å². The Bertz CT molecular complexity index is 908. The Hall–Kier alpha value is -3.03. The SMILES string of the molecule is O=c1c(O)cn(-c2cccc(-c3ccccc3)c2)cc1OB(O)O. The molecule has 0 bridgehead atoms. The van der Waals surface area contributed by atoms with Gasteiger partial charge in [0.1, 0.15) is 0 Å². The van der Waals surface area contributed by atoms with Crippen LogP contribution < -0.4 is 10.1 Å². The second-order valence-electron chi connectivity index (χ2n) is 5.10. The van der Waals surface area contributed by atoms with Gasteiger partial charge in [-0.15, -0.1) is 0 Å². The van der Waals surface area contributed by atoms with Gasteiger partial charge in [-0.05, 0) is 23.3 Å². The van der Waals surface area contributed by atoms with Gasteiger partial charge in [0.25, 0.3) is 5.43 Å². The lowest BCUT2D eigenvalue weighted by Crippen LogP contribution is -2.24. The fourth-order valence-electron chi connectivity index (χ4n) is 2.36. The molecule has 0 aliphatic heterocycles. The molecule has 0 saturated heterocycles.